The Morgan fingerprint density at radius 2 is 1.62 bits per heavy atom. The van der Waals surface area contributed by atoms with Crippen LogP contribution in [-0.4, -0.2) is 60.5 Å². The minimum atomic E-state index is -0.367. The van der Waals surface area contributed by atoms with Crippen molar-refractivity contribution in [3.8, 4) is 5.75 Å². The number of rotatable bonds is 4. The number of pyridine rings is 1. The maximum atomic E-state index is 12.9. The van der Waals surface area contributed by atoms with Crippen molar-refractivity contribution in [2.75, 3.05) is 38.2 Å². The summed E-state index contributed by atoms with van der Waals surface area (Å²) in [6.07, 6.45) is 0. The second-order valence-electron chi connectivity index (χ2n) is 8.06. The van der Waals surface area contributed by atoms with Gasteiger partial charge in [-0.3, -0.25) is 9.59 Å². The number of aromatic nitrogens is 1. The van der Waals surface area contributed by atoms with Gasteiger partial charge in [0.25, 0.3) is 11.8 Å². The van der Waals surface area contributed by atoms with Gasteiger partial charge in [0.15, 0.2) is 0 Å². The predicted molar refractivity (Wildman–Crippen MR) is 113 cm³/mol. The molecular formula is C22H28N4O3. The molecule has 1 aromatic heterocycles. The number of piperazine rings is 1. The monoisotopic (exact) mass is 396 g/mol. The molecule has 0 spiro atoms. The summed E-state index contributed by atoms with van der Waals surface area (Å²) in [5.74, 6) is 0.384. The summed E-state index contributed by atoms with van der Waals surface area (Å²) in [6, 6.07) is 12.9. The molecule has 0 unspecified atom stereocenters. The molecule has 0 aliphatic carbocycles. The molecule has 2 heterocycles. The highest BCUT2D eigenvalue weighted by atomic mass is 16.5. The highest BCUT2D eigenvalue weighted by Gasteiger charge is 2.25. The standard InChI is InChI=1S/C22H28N4O3/c1-22(2,3)24-20(27)16-8-7-9-17(23-16)21(28)26-14-12-25(13-15-26)18-10-5-6-11-19(18)29-4/h5-11H,12-15H2,1-4H3,(H,24,27). The lowest BCUT2D eigenvalue weighted by atomic mass is 10.1. The van der Waals surface area contributed by atoms with E-state index in [4.69, 9.17) is 4.74 Å². The summed E-state index contributed by atoms with van der Waals surface area (Å²) in [6.45, 7) is 8.28. The molecular weight excluding hydrogens is 368 g/mol. The Kier molecular flexibility index (Phi) is 6.06. The van der Waals surface area contributed by atoms with Gasteiger partial charge in [-0.15, -0.1) is 0 Å². The number of amides is 2. The number of nitrogens with one attached hydrogen (secondary N) is 1. The lowest BCUT2D eigenvalue weighted by Gasteiger charge is -2.36. The van der Waals surface area contributed by atoms with Crippen molar-refractivity contribution >= 4 is 17.5 Å². The largest absolute Gasteiger partial charge is 0.495 e. The first kappa shape index (κ1) is 20.6. The Balaban J connectivity index is 1.67. The van der Waals surface area contributed by atoms with Crippen molar-refractivity contribution in [3.05, 3.63) is 53.9 Å². The summed E-state index contributed by atoms with van der Waals surface area (Å²) in [5, 5.41) is 2.87. The summed E-state index contributed by atoms with van der Waals surface area (Å²) in [4.78, 5) is 33.6. The van der Waals surface area contributed by atoms with Gasteiger partial charge in [-0.25, -0.2) is 4.98 Å². The summed E-state index contributed by atoms with van der Waals surface area (Å²) >= 11 is 0. The fraction of sp³-hybridized carbons (Fsp3) is 0.409. The Morgan fingerprint density at radius 1 is 0.966 bits per heavy atom. The van der Waals surface area contributed by atoms with Gasteiger partial charge in [-0.1, -0.05) is 18.2 Å². The minimum Gasteiger partial charge on any atom is -0.495 e. The van der Waals surface area contributed by atoms with E-state index in [0.717, 1.165) is 11.4 Å². The minimum absolute atomic E-state index is 0.157. The van der Waals surface area contributed by atoms with Crippen LogP contribution in [0.25, 0.3) is 0 Å². The van der Waals surface area contributed by atoms with Crippen molar-refractivity contribution in [1.29, 1.82) is 0 Å². The number of ether oxygens (including phenoxy) is 1. The molecule has 2 aromatic rings. The molecule has 0 bridgehead atoms. The quantitative estimate of drug-likeness (QED) is 0.860. The smallest absolute Gasteiger partial charge is 0.272 e. The number of carbonyl (C=O) groups excluding carboxylic acids is 2. The molecule has 7 nitrogen and oxygen atoms in total. The molecule has 29 heavy (non-hydrogen) atoms. The van der Waals surface area contributed by atoms with E-state index >= 15 is 0 Å². The second-order valence-corrected chi connectivity index (χ2v) is 8.06. The predicted octanol–water partition coefficient (Wildman–Crippen LogP) is 2.58. The third-order valence-electron chi connectivity index (χ3n) is 4.68. The van der Waals surface area contributed by atoms with Gasteiger partial charge in [0.2, 0.25) is 0 Å². The number of para-hydroxylation sites is 2. The zero-order valence-electron chi connectivity index (χ0n) is 17.4. The summed E-state index contributed by atoms with van der Waals surface area (Å²) < 4.78 is 5.44. The zero-order valence-corrected chi connectivity index (χ0v) is 17.4. The van der Waals surface area contributed by atoms with Crippen LogP contribution in [0.3, 0.4) is 0 Å². The lowest BCUT2D eigenvalue weighted by Crippen LogP contribution is -2.49. The molecule has 2 amide bonds. The molecule has 3 rings (SSSR count). The SMILES string of the molecule is COc1ccccc1N1CCN(C(=O)c2cccc(C(=O)NC(C)(C)C)n2)CC1. The molecule has 7 heteroatoms. The van der Waals surface area contributed by atoms with Crippen LogP contribution in [0.15, 0.2) is 42.5 Å². The van der Waals surface area contributed by atoms with E-state index in [1.54, 1.807) is 30.2 Å². The van der Waals surface area contributed by atoms with Crippen molar-refractivity contribution in [2.45, 2.75) is 26.3 Å². The molecule has 0 saturated carbocycles. The number of methoxy groups -OCH3 is 1. The highest BCUT2D eigenvalue weighted by Crippen LogP contribution is 2.28. The molecule has 1 aliphatic heterocycles. The topological polar surface area (TPSA) is 74.8 Å². The van der Waals surface area contributed by atoms with E-state index in [1.165, 1.54) is 0 Å². The van der Waals surface area contributed by atoms with E-state index in [9.17, 15) is 9.59 Å². The van der Waals surface area contributed by atoms with Crippen LogP contribution in [0.5, 0.6) is 5.75 Å². The highest BCUT2D eigenvalue weighted by molar-refractivity contribution is 5.96. The number of benzene rings is 1. The summed E-state index contributed by atoms with van der Waals surface area (Å²) in [7, 11) is 1.66. The van der Waals surface area contributed by atoms with Gasteiger partial charge in [-0.05, 0) is 45.0 Å². The fourth-order valence-corrected chi connectivity index (χ4v) is 3.29. The van der Waals surface area contributed by atoms with Crippen LogP contribution in [0.4, 0.5) is 5.69 Å². The molecule has 0 radical (unpaired) electrons. The summed E-state index contributed by atoms with van der Waals surface area (Å²) in [5.41, 5.74) is 1.20. The van der Waals surface area contributed by atoms with Gasteiger partial charge in [0, 0.05) is 31.7 Å². The van der Waals surface area contributed by atoms with Crippen LogP contribution < -0.4 is 15.0 Å². The Morgan fingerprint density at radius 3 is 2.28 bits per heavy atom. The average Bonchev–Trinajstić information content (AvgIpc) is 2.72. The molecule has 1 saturated heterocycles. The van der Waals surface area contributed by atoms with Gasteiger partial charge < -0.3 is 19.9 Å². The first-order valence-corrected chi connectivity index (χ1v) is 9.75. The first-order chi connectivity index (χ1) is 13.8. The second kappa shape index (κ2) is 8.51. The van der Waals surface area contributed by atoms with Crippen LogP contribution in [0.2, 0.25) is 0 Å². The molecule has 1 aromatic carbocycles. The first-order valence-electron chi connectivity index (χ1n) is 9.75. The maximum Gasteiger partial charge on any atom is 0.272 e. The van der Waals surface area contributed by atoms with E-state index in [1.807, 2.05) is 45.0 Å². The molecule has 1 N–H and O–H groups in total. The van der Waals surface area contributed by atoms with E-state index in [0.29, 0.717) is 26.2 Å². The van der Waals surface area contributed by atoms with Gasteiger partial charge in [0.1, 0.15) is 17.1 Å². The number of anilines is 1. The normalized spacial score (nSPS) is 14.5. The van der Waals surface area contributed by atoms with Crippen molar-refractivity contribution < 1.29 is 14.3 Å². The van der Waals surface area contributed by atoms with Crippen LogP contribution in [-0.2, 0) is 0 Å². The van der Waals surface area contributed by atoms with Crippen LogP contribution in [0.1, 0.15) is 41.7 Å². The Labute approximate surface area is 171 Å². The Bertz CT molecular complexity index is 884. The molecule has 1 aliphatic rings. The van der Waals surface area contributed by atoms with Crippen molar-refractivity contribution in [2.24, 2.45) is 0 Å². The van der Waals surface area contributed by atoms with Gasteiger partial charge >= 0.3 is 0 Å². The van der Waals surface area contributed by atoms with E-state index in [-0.39, 0.29) is 28.7 Å². The van der Waals surface area contributed by atoms with Crippen LogP contribution >= 0.6 is 0 Å². The Hall–Kier alpha value is -3.09. The third kappa shape index (κ3) is 5.04. The lowest BCUT2D eigenvalue weighted by molar-refractivity contribution is 0.0740. The fourth-order valence-electron chi connectivity index (χ4n) is 3.29. The molecule has 154 valence electrons. The van der Waals surface area contributed by atoms with E-state index < -0.39 is 0 Å². The maximum absolute atomic E-state index is 12.9. The number of carbonyl (C=O) groups is 2. The van der Waals surface area contributed by atoms with Crippen molar-refractivity contribution in [3.63, 3.8) is 0 Å². The van der Waals surface area contributed by atoms with E-state index in [2.05, 4.69) is 15.2 Å². The zero-order chi connectivity index (χ0) is 21.0. The molecule has 1 fully saturated rings. The number of nitrogens with zero attached hydrogens (tertiary/aromatic N) is 3. The average molecular weight is 396 g/mol. The van der Waals surface area contributed by atoms with Crippen LogP contribution in [0, 0.1) is 0 Å². The third-order valence-corrected chi connectivity index (χ3v) is 4.68. The van der Waals surface area contributed by atoms with Gasteiger partial charge in [0.05, 0.1) is 12.8 Å². The molecule has 0 atom stereocenters. The number of hydrogen-bond donors (Lipinski definition) is 1. The number of hydrogen-bond acceptors (Lipinski definition) is 5. The van der Waals surface area contributed by atoms with Crippen molar-refractivity contribution in [1.82, 2.24) is 15.2 Å². The van der Waals surface area contributed by atoms with Gasteiger partial charge in [-0.2, -0.15) is 0 Å².